The molecule has 1 aromatic rings. The lowest BCUT2D eigenvalue weighted by Gasteiger charge is -2.33. The van der Waals surface area contributed by atoms with Crippen molar-refractivity contribution in [3.05, 3.63) is 5.69 Å². The monoisotopic (exact) mass is 265 g/mol. The number of hydrogen-bond acceptors (Lipinski definition) is 4. The molecule has 1 fully saturated rings. The molecule has 0 bridgehead atoms. The number of nitrogens with one attached hydrogen (secondary N) is 1. The van der Waals surface area contributed by atoms with Crippen molar-refractivity contribution in [2.45, 2.75) is 26.2 Å². The van der Waals surface area contributed by atoms with Crippen molar-refractivity contribution in [1.29, 1.82) is 0 Å². The molecular formula is C13H23N5O. The fraction of sp³-hybridized carbons (Fsp3) is 0.692. The van der Waals surface area contributed by atoms with Gasteiger partial charge < -0.3 is 16.0 Å². The topological polar surface area (TPSA) is 76.2 Å². The lowest BCUT2D eigenvalue weighted by molar-refractivity contribution is -0.124. The van der Waals surface area contributed by atoms with E-state index in [0.29, 0.717) is 6.54 Å². The molecule has 1 amide bonds. The fourth-order valence-electron chi connectivity index (χ4n) is 2.81. The molecule has 2 heterocycles. The molecule has 3 N–H and O–H groups in total. The lowest BCUT2D eigenvalue weighted by Crippen LogP contribution is -2.43. The Labute approximate surface area is 113 Å². The highest BCUT2D eigenvalue weighted by Gasteiger charge is 2.28. The number of rotatable bonds is 3. The van der Waals surface area contributed by atoms with E-state index in [0.717, 1.165) is 43.0 Å². The van der Waals surface area contributed by atoms with Gasteiger partial charge >= 0.3 is 0 Å². The van der Waals surface area contributed by atoms with Crippen molar-refractivity contribution < 1.29 is 4.79 Å². The molecule has 19 heavy (non-hydrogen) atoms. The number of aromatic nitrogens is 2. The van der Waals surface area contributed by atoms with Crippen molar-refractivity contribution >= 4 is 17.4 Å². The zero-order valence-electron chi connectivity index (χ0n) is 11.9. The van der Waals surface area contributed by atoms with E-state index in [9.17, 15) is 4.79 Å². The average molecular weight is 265 g/mol. The Hall–Kier alpha value is -1.72. The highest BCUT2D eigenvalue weighted by molar-refractivity contribution is 5.79. The first-order chi connectivity index (χ1) is 9.08. The number of nitrogen functional groups attached to an aromatic ring is 1. The fourth-order valence-corrected chi connectivity index (χ4v) is 2.81. The first kappa shape index (κ1) is 13.7. The molecule has 0 saturated carbocycles. The van der Waals surface area contributed by atoms with E-state index < -0.39 is 0 Å². The molecule has 1 aromatic heterocycles. The molecule has 106 valence electrons. The molecule has 0 spiro atoms. The Morgan fingerprint density at radius 1 is 1.58 bits per heavy atom. The van der Waals surface area contributed by atoms with Crippen molar-refractivity contribution in [1.82, 2.24) is 15.1 Å². The van der Waals surface area contributed by atoms with E-state index >= 15 is 0 Å². The summed E-state index contributed by atoms with van der Waals surface area (Å²) in [5, 5.41) is 7.18. The molecule has 0 aromatic carbocycles. The molecule has 1 aliphatic rings. The number of carbonyl (C=O) groups excluding carboxylic acids is 1. The van der Waals surface area contributed by atoms with E-state index in [2.05, 4.69) is 15.3 Å². The van der Waals surface area contributed by atoms with Crippen LogP contribution in [0.2, 0.25) is 0 Å². The maximum Gasteiger partial charge on any atom is 0.224 e. The minimum absolute atomic E-state index is 0.0399. The summed E-state index contributed by atoms with van der Waals surface area (Å²) in [5.41, 5.74) is 7.86. The SMILES string of the molecule is CCc1nn(C)c(N2CCCC(C(=O)NC)C2)c1N. The van der Waals surface area contributed by atoms with Gasteiger partial charge in [-0.15, -0.1) is 0 Å². The number of amides is 1. The molecule has 1 atom stereocenters. The van der Waals surface area contributed by atoms with Gasteiger partial charge in [0, 0.05) is 27.2 Å². The van der Waals surface area contributed by atoms with Crippen molar-refractivity contribution in [3.63, 3.8) is 0 Å². The molecule has 0 aliphatic carbocycles. The number of nitrogens with two attached hydrogens (primary N) is 1. The normalized spacial score (nSPS) is 19.5. The molecule has 6 heteroatoms. The quantitative estimate of drug-likeness (QED) is 0.835. The Morgan fingerprint density at radius 3 is 2.89 bits per heavy atom. The van der Waals surface area contributed by atoms with Crippen LogP contribution in [0, 0.1) is 5.92 Å². The molecule has 1 unspecified atom stereocenters. The van der Waals surface area contributed by atoms with Crippen LogP contribution in [0.4, 0.5) is 11.5 Å². The minimum Gasteiger partial charge on any atom is -0.394 e. The number of hydrogen-bond donors (Lipinski definition) is 2. The smallest absolute Gasteiger partial charge is 0.224 e. The Bertz CT molecular complexity index is 468. The summed E-state index contributed by atoms with van der Waals surface area (Å²) in [4.78, 5) is 14.0. The summed E-state index contributed by atoms with van der Waals surface area (Å²) in [7, 11) is 3.60. The standard InChI is InChI=1S/C13H23N5O/c1-4-10-11(14)13(17(3)16-10)18-7-5-6-9(8-18)12(19)15-2/h9H,4-8,14H2,1-3H3,(H,15,19). The second-order valence-electron chi connectivity index (χ2n) is 5.06. The molecular weight excluding hydrogens is 242 g/mol. The van der Waals surface area contributed by atoms with Crippen LogP contribution >= 0.6 is 0 Å². The van der Waals surface area contributed by atoms with Crippen LogP contribution in [0.1, 0.15) is 25.5 Å². The van der Waals surface area contributed by atoms with Crippen molar-refractivity contribution in [3.8, 4) is 0 Å². The van der Waals surface area contributed by atoms with Crippen molar-refractivity contribution in [2.75, 3.05) is 30.8 Å². The van der Waals surface area contributed by atoms with Crippen LogP contribution in [0.5, 0.6) is 0 Å². The predicted molar refractivity (Wildman–Crippen MR) is 76.0 cm³/mol. The third-order valence-electron chi connectivity index (χ3n) is 3.80. The third kappa shape index (κ3) is 2.52. The van der Waals surface area contributed by atoms with Gasteiger partial charge in [-0.3, -0.25) is 9.48 Å². The van der Waals surface area contributed by atoms with E-state index in [1.54, 1.807) is 7.05 Å². The van der Waals surface area contributed by atoms with Gasteiger partial charge in [0.25, 0.3) is 0 Å². The Balaban J connectivity index is 2.22. The van der Waals surface area contributed by atoms with Crippen LogP contribution < -0.4 is 16.0 Å². The number of anilines is 2. The summed E-state index contributed by atoms with van der Waals surface area (Å²) in [6, 6.07) is 0. The van der Waals surface area contributed by atoms with Crippen LogP contribution in [0.3, 0.4) is 0 Å². The van der Waals surface area contributed by atoms with Gasteiger partial charge in [-0.25, -0.2) is 0 Å². The van der Waals surface area contributed by atoms with Gasteiger partial charge in [-0.2, -0.15) is 5.10 Å². The molecule has 1 aliphatic heterocycles. The average Bonchev–Trinajstić information content (AvgIpc) is 2.72. The van der Waals surface area contributed by atoms with E-state index in [-0.39, 0.29) is 11.8 Å². The van der Waals surface area contributed by atoms with Gasteiger partial charge in [0.1, 0.15) is 5.82 Å². The largest absolute Gasteiger partial charge is 0.394 e. The van der Waals surface area contributed by atoms with E-state index in [4.69, 9.17) is 5.73 Å². The summed E-state index contributed by atoms with van der Waals surface area (Å²) in [5.74, 6) is 1.10. The first-order valence-electron chi connectivity index (χ1n) is 6.86. The van der Waals surface area contributed by atoms with Gasteiger partial charge in [0.15, 0.2) is 0 Å². The number of aryl methyl sites for hydroxylation is 2. The lowest BCUT2D eigenvalue weighted by atomic mass is 9.97. The van der Waals surface area contributed by atoms with Gasteiger partial charge in [0.05, 0.1) is 17.3 Å². The summed E-state index contributed by atoms with van der Waals surface area (Å²) < 4.78 is 1.83. The van der Waals surface area contributed by atoms with Crippen molar-refractivity contribution in [2.24, 2.45) is 13.0 Å². The summed E-state index contributed by atoms with van der Waals surface area (Å²) >= 11 is 0. The second kappa shape index (κ2) is 5.50. The van der Waals surface area contributed by atoms with Crippen LogP contribution in [0.15, 0.2) is 0 Å². The minimum atomic E-state index is 0.0399. The second-order valence-corrected chi connectivity index (χ2v) is 5.06. The maximum atomic E-state index is 11.8. The number of piperidine rings is 1. The van der Waals surface area contributed by atoms with Gasteiger partial charge in [-0.1, -0.05) is 6.92 Å². The summed E-state index contributed by atoms with van der Waals surface area (Å²) in [6.07, 6.45) is 2.77. The molecule has 2 rings (SSSR count). The third-order valence-corrected chi connectivity index (χ3v) is 3.80. The van der Waals surface area contributed by atoms with Gasteiger partial charge in [0.2, 0.25) is 5.91 Å². The van der Waals surface area contributed by atoms with E-state index in [1.165, 1.54) is 0 Å². The van der Waals surface area contributed by atoms with Crippen LogP contribution in [-0.2, 0) is 18.3 Å². The molecule has 1 saturated heterocycles. The Morgan fingerprint density at radius 2 is 2.32 bits per heavy atom. The molecule has 6 nitrogen and oxygen atoms in total. The number of nitrogens with zero attached hydrogens (tertiary/aromatic N) is 3. The van der Waals surface area contributed by atoms with Gasteiger partial charge in [-0.05, 0) is 19.3 Å². The predicted octanol–water partition coefficient (Wildman–Crippen LogP) is 0.527. The maximum absolute atomic E-state index is 11.8. The first-order valence-corrected chi connectivity index (χ1v) is 6.86. The highest BCUT2D eigenvalue weighted by Crippen LogP contribution is 2.30. The summed E-state index contributed by atoms with van der Waals surface area (Å²) in [6.45, 7) is 3.69. The molecule has 0 radical (unpaired) electrons. The Kier molecular flexibility index (Phi) is 3.97. The van der Waals surface area contributed by atoms with Crippen LogP contribution in [0.25, 0.3) is 0 Å². The van der Waals surface area contributed by atoms with E-state index in [1.807, 2.05) is 18.7 Å². The zero-order chi connectivity index (χ0) is 14.0. The number of carbonyl (C=O) groups is 1. The highest BCUT2D eigenvalue weighted by atomic mass is 16.1. The zero-order valence-corrected chi connectivity index (χ0v) is 11.9. The van der Waals surface area contributed by atoms with Crippen LogP contribution in [-0.4, -0.2) is 35.8 Å².